The normalized spacial score (nSPS) is 11.7. The summed E-state index contributed by atoms with van der Waals surface area (Å²) in [5.74, 6) is -0.903. The van der Waals surface area contributed by atoms with Crippen LogP contribution in [0.2, 0.25) is 0 Å². The molecule has 1 aromatic carbocycles. The molecule has 24 heavy (non-hydrogen) atoms. The molecule has 2 aromatic heterocycles. The monoisotopic (exact) mass is 340 g/mol. The highest BCUT2D eigenvalue weighted by molar-refractivity contribution is 7.10. The van der Waals surface area contributed by atoms with Crippen molar-refractivity contribution in [3.63, 3.8) is 0 Å². The molecular formula is C18H16N2O3S. The highest BCUT2D eigenvalue weighted by Gasteiger charge is 2.19. The summed E-state index contributed by atoms with van der Waals surface area (Å²) in [7, 11) is 0. The first-order valence-corrected chi connectivity index (χ1v) is 8.30. The van der Waals surface area contributed by atoms with Crippen LogP contribution < -0.4 is 5.32 Å². The summed E-state index contributed by atoms with van der Waals surface area (Å²) >= 11 is 1.56. The van der Waals surface area contributed by atoms with Crippen molar-refractivity contribution in [1.29, 1.82) is 0 Å². The lowest BCUT2D eigenvalue weighted by Crippen LogP contribution is -2.32. The molecule has 122 valence electrons. The van der Waals surface area contributed by atoms with Crippen molar-refractivity contribution in [2.75, 3.05) is 6.61 Å². The van der Waals surface area contributed by atoms with Crippen molar-refractivity contribution >= 4 is 23.2 Å². The first-order valence-electron chi connectivity index (χ1n) is 7.42. The lowest BCUT2D eigenvalue weighted by molar-refractivity contribution is -0.124. The molecule has 0 aliphatic rings. The van der Waals surface area contributed by atoms with E-state index >= 15 is 0 Å². The first-order chi connectivity index (χ1) is 11.7. The largest absolute Gasteiger partial charge is 0.451 e. The number of esters is 1. The molecule has 5 nitrogen and oxygen atoms in total. The number of ether oxygens (including phenoxy) is 1. The summed E-state index contributed by atoms with van der Waals surface area (Å²) in [5, 5.41) is 4.88. The third-order valence-electron chi connectivity index (χ3n) is 3.42. The van der Waals surface area contributed by atoms with Gasteiger partial charge in [0.2, 0.25) is 0 Å². The zero-order chi connectivity index (χ0) is 16.8. The molecule has 0 aliphatic carbocycles. The van der Waals surface area contributed by atoms with Crippen LogP contribution in [-0.2, 0) is 9.53 Å². The molecule has 2 heterocycles. The summed E-state index contributed by atoms with van der Waals surface area (Å²) < 4.78 is 5.02. The molecule has 2 N–H and O–H groups in total. The molecule has 3 rings (SSSR count). The second-order valence-electron chi connectivity index (χ2n) is 5.09. The maximum atomic E-state index is 12.2. The average molecular weight is 340 g/mol. The first kappa shape index (κ1) is 16.0. The van der Waals surface area contributed by atoms with Crippen LogP contribution in [-0.4, -0.2) is 23.5 Å². The fourth-order valence-corrected chi connectivity index (χ4v) is 3.09. The Balaban J connectivity index is 1.65. The van der Waals surface area contributed by atoms with Gasteiger partial charge < -0.3 is 15.0 Å². The van der Waals surface area contributed by atoms with Crippen LogP contribution in [0.4, 0.5) is 0 Å². The van der Waals surface area contributed by atoms with E-state index in [4.69, 9.17) is 4.74 Å². The Hall–Kier alpha value is -2.86. The van der Waals surface area contributed by atoms with E-state index in [9.17, 15) is 9.59 Å². The van der Waals surface area contributed by atoms with Gasteiger partial charge in [-0.25, -0.2) is 4.79 Å². The van der Waals surface area contributed by atoms with Gasteiger partial charge in [0.15, 0.2) is 6.61 Å². The minimum atomic E-state index is -0.553. The lowest BCUT2D eigenvalue weighted by atomic mass is 10.1. The molecule has 0 spiro atoms. The van der Waals surface area contributed by atoms with Gasteiger partial charge in [-0.15, -0.1) is 11.3 Å². The molecule has 0 saturated heterocycles. The number of amides is 1. The van der Waals surface area contributed by atoms with E-state index < -0.39 is 5.97 Å². The van der Waals surface area contributed by atoms with Crippen molar-refractivity contribution in [2.24, 2.45) is 0 Å². The van der Waals surface area contributed by atoms with Crippen LogP contribution in [0.15, 0.2) is 66.2 Å². The number of aromatic amines is 1. The fraction of sp³-hybridized carbons (Fsp3) is 0.111. The van der Waals surface area contributed by atoms with Gasteiger partial charge in [-0.3, -0.25) is 4.79 Å². The molecule has 0 bridgehead atoms. The highest BCUT2D eigenvalue weighted by Crippen LogP contribution is 2.25. The summed E-state index contributed by atoms with van der Waals surface area (Å²) in [6.45, 7) is -0.327. The van der Waals surface area contributed by atoms with Crippen molar-refractivity contribution < 1.29 is 14.3 Å². The molecule has 3 aromatic rings. The number of hydrogen-bond donors (Lipinski definition) is 2. The van der Waals surface area contributed by atoms with E-state index in [-0.39, 0.29) is 18.6 Å². The summed E-state index contributed by atoms with van der Waals surface area (Å²) in [6, 6.07) is 16.6. The average Bonchev–Trinajstić information content (AvgIpc) is 3.31. The maximum Gasteiger partial charge on any atom is 0.355 e. The third-order valence-corrected chi connectivity index (χ3v) is 4.36. The van der Waals surface area contributed by atoms with Crippen molar-refractivity contribution in [2.45, 2.75) is 6.04 Å². The van der Waals surface area contributed by atoms with Gasteiger partial charge in [-0.1, -0.05) is 36.4 Å². The molecule has 0 fully saturated rings. The van der Waals surface area contributed by atoms with Gasteiger partial charge >= 0.3 is 5.97 Å². The Kier molecular flexibility index (Phi) is 5.08. The van der Waals surface area contributed by atoms with Gasteiger partial charge in [-0.05, 0) is 29.1 Å². The number of aromatic nitrogens is 1. The SMILES string of the molecule is O=C(COC(=O)c1ccc[nH]1)N[C@@H](c1ccccc1)c1cccs1. The summed E-state index contributed by atoms with van der Waals surface area (Å²) in [6.07, 6.45) is 1.62. The minimum absolute atomic E-state index is 0.261. The Morgan fingerprint density at radius 3 is 2.58 bits per heavy atom. The standard InChI is InChI=1S/C18H16N2O3S/c21-16(12-23-18(22)14-8-4-10-19-14)20-17(15-9-5-11-24-15)13-6-2-1-3-7-13/h1-11,17,19H,12H2,(H,20,21)/t17-/m0/s1. The number of H-pyrrole nitrogens is 1. The van der Waals surface area contributed by atoms with Crippen molar-refractivity contribution in [1.82, 2.24) is 10.3 Å². The van der Waals surface area contributed by atoms with Crippen LogP contribution in [0, 0.1) is 0 Å². The number of carbonyl (C=O) groups excluding carboxylic acids is 2. The quantitative estimate of drug-likeness (QED) is 0.677. The number of nitrogens with one attached hydrogen (secondary N) is 2. The number of benzene rings is 1. The highest BCUT2D eigenvalue weighted by atomic mass is 32.1. The molecule has 1 atom stereocenters. The minimum Gasteiger partial charge on any atom is -0.451 e. The molecule has 0 aliphatic heterocycles. The zero-order valence-electron chi connectivity index (χ0n) is 12.8. The second-order valence-corrected chi connectivity index (χ2v) is 6.07. The van der Waals surface area contributed by atoms with Crippen LogP contribution >= 0.6 is 11.3 Å². The van der Waals surface area contributed by atoms with Crippen LogP contribution in [0.1, 0.15) is 27.0 Å². The van der Waals surface area contributed by atoms with Gasteiger partial charge in [0.05, 0.1) is 6.04 Å². The van der Waals surface area contributed by atoms with Crippen LogP contribution in [0.3, 0.4) is 0 Å². The predicted molar refractivity (Wildman–Crippen MR) is 91.8 cm³/mol. The molecule has 0 unspecified atom stereocenters. The summed E-state index contributed by atoms with van der Waals surface area (Å²) in [4.78, 5) is 27.7. The topological polar surface area (TPSA) is 71.2 Å². The molecular weight excluding hydrogens is 324 g/mol. The van der Waals surface area contributed by atoms with E-state index in [1.807, 2.05) is 47.8 Å². The maximum absolute atomic E-state index is 12.2. The molecule has 1 amide bonds. The van der Waals surface area contributed by atoms with Crippen LogP contribution in [0.25, 0.3) is 0 Å². The number of hydrogen-bond acceptors (Lipinski definition) is 4. The Morgan fingerprint density at radius 2 is 1.92 bits per heavy atom. The lowest BCUT2D eigenvalue weighted by Gasteiger charge is -2.18. The molecule has 0 radical (unpaired) electrons. The van der Waals surface area contributed by atoms with Crippen LogP contribution in [0.5, 0.6) is 0 Å². The third kappa shape index (κ3) is 3.91. The summed E-state index contributed by atoms with van der Waals surface area (Å²) in [5.41, 5.74) is 1.30. The van der Waals surface area contributed by atoms with E-state index in [2.05, 4.69) is 10.3 Å². The van der Waals surface area contributed by atoms with Gasteiger partial charge in [0.1, 0.15) is 5.69 Å². The van der Waals surface area contributed by atoms with E-state index in [0.717, 1.165) is 10.4 Å². The smallest absolute Gasteiger partial charge is 0.355 e. The van der Waals surface area contributed by atoms with Gasteiger partial charge in [0.25, 0.3) is 5.91 Å². The van der Waals surface area contributed by atoms with Crippen molar-refractivity contribution in [3.05, 3.63) is 82.3 Å². The zero-order valence-corrected chi connectivity index (χ0v) is 13.6. The Bertz CT molecular complexity index is 783. The molecule has 6 heteroatoms. The van der Waals surface area contributed by atoms with E-state index in [1.165, 1.54) is 0 Å². The predicted octanol–water partition coefficient (Wildman–Crippen LogP) is 3.14. The number of carbonyl (C=O) groups is 2. The van der Waals surface area contributed by atoms with E-state index in [1.54, 1.807) is 29.7 Å². The Labute approximate surface area is 143 Å². The fourth-order valence-electron chi connectivity index (χ4n) is 2.29. The molecule has 0 saturated carbocycles. The number of rotatable bonds is 6. The Morgan fingerprint density at radius 1 is 1.08 bits per heavy atom. The van der Waals surface area contributed by atoms with E-state index in [0.29, 0.717) is 5.69 Å². The van der Waals surface area contributed by atoms with Crippen molar-refractivity contribution in [3.8, 4) is 0 Å². The second kappa shape index (κ2) is 7.61. The number of thiophene rings is 1. The van der Waals surface area contributed by atoms with Gasteiger partial charge in [0, 0.05) is 11.1 Å². The van der Waals surface area contributed by atoms with Gasteiger partial charge in [-0.2, -0.15) is 0 Å².